The molecule has 0 saturated carbocycles. The van der Waals surface area contributed by atoms with E-state index in [0.717, 1.165) is 0 Å². The monoisotopic (exact) mass is 348 g/mol. The van der Waals surface area contributed by atoms with Crippen LogP contribution in [0.3, 0.4) is 0 Å². The number of piperidine rings is 2. The summed E-state index contributed by atoms with van der Waals surface area (Å²) < 4.78 is 26.1. The molecule has 0 atom stereocenters. The van der Waals surface area contributed by atoms with E-state index in [4.69, 9.17) is 9.47 Å². The van der Waals surface area contributed by atoms with Gasteiger partial charge in [-0.05, 0) is 17.7 Å². The molecule has 4 rings (SSSR count). The highest BCUT2D eigenvalue weighted by atomic mass is 19.1. The van der Waals surface area contributed by atoms with Gasteiger partial charge in [-0.1, -0.05) is 6.07 Å². The Morgan fingerprint density at radius 3 is 2.32 bits per heavy atom. The van der Waals surface area contributed by atoms with Crippen molar-refractivity contribution in [3.63, 3.8) is 0 Å². The molecular weight excluding hydrogens is 327 g/mol. The van der Waals surface area contributed by atoms with Gasteiger partial charge < -0.3 is 14.4 Å². The Kier molecular flexibility index (Phi) is 4.21. The number of rotatable bonds is 2. The van der Waals surface area contributed by atoms with Crippen LogP contribution in [0, 0.1) is 5.82 Å². The number of benzene rings is 1. The van der Waals surface area contributed by atoms with Crippen molar-refractivity contribution in [2.24, 2.45) is 0 Å². The average molecular weight is 348 g/mol. The Hall–Kier alpha value is -1.99. The topological polar surface area (TPSA) is 67.9 Å². The van der Waals surface area contributed by atoms with E-state index in [-0.39, 0.29) is 36.4 Å². The lowest BCUT2D eigenvalue weighted by Gasteiger charge is -2.38. The molecule has 1 N–H and O–H groups in total. The van der Waals surface area contributed by atoms with Gasteiger partial charge in [-0.25, -0.2) is 4.39 Å². The number of carbonyl (C=O) groups is 2. The lowest BCUT2D eigenvalue weighted by Crippen LogP contribution is -2.45. The molecule has 3 aliphatic rings. The van der Waals surface area contributed by atoms with Crippen molar-refractivity contribution >= 4 is 17.5 Å². The molecule has 3 fully saturated rings. The molecule has 25 heavy (non-hydrogen) atoms. The second-order valence-electron chi connectivity index (χ2n) is 6.88. The zero-order valence-electron chi connectivity index (χ0n) is 13.9. The van der Waals surface area contributed by atoms with Crippen LogP contribution in [0.4, 0.5) is 10.1 Å². The molecule has 6 nitrogen and oxygen atoms in total. The smallest absolute Gasteiger partial charge is 0.227 e. The molecule has 3 heterocycles. The molecule has 1 aromatic carbocycles. The van der Waals surface area contributed by atoms with Crippen LogP contribution < -0.4 is 10.2 Å². The maximum absolute atomic E-state index is 14.7. The maximum atomic E-state index is 14.7. The minimum Gasteiger partial charge on any atom is -0.369 e. The van der Waals surface area contributed by atoms with E-state index in [1.165, 1.54) is 6.07 Å². The minimum absolute atomic E-state index is 0.214. The molecule has 7 heteroatoms. The van der Waals surface area contributed by atoms with E-state index in [9.17, 15) is 14.0 Å². The standard InChI is InChI=1S/C18H21FN2O4/c19-14-9-12(13-10-16(22)20-17(23)11-13)1-2-15(14)21-5-3-18(4-6-21)24-7-8-25-18/h1-2,9,13H,3-8,10-11H2,(H,20,22,23). The fourth-order valence-electron chi connectivity index (χ4n) is 3.92. The summed E-state index contributed by atoms with van der Waals surface area (Å²) in [6, 6.07) is 5.02. The van der Waals surface area contributed by atoms with Gasteiger partial charge in [0.2, 0.25) is 11.8 Å². The van der Waals surface area contributed by atoms with E-state index in [2.05, 4.69) is 5.32 Å². The van der Waals surface area contributed by atoms with E-state index in [1.807, 2.05) is 11.0 Å². The molecule has 1 aromatic rings. The summed E-state index contributed by atoms with van der Waals surface area (Å²) in [5.74, 6) is -1.66. The second kappa shape index (κ2) is 6.38. The predicted octanol–water partition coefficient (Wildman–Crippen LogP) is 1.69. The molecule has 0 unspecified atom stereocenters. The van der Waals surface area contributed by atoms with Gasteiger partial charge in [0.25, 0.3) is 0 Å². The van der Waals surface area contributed by atoms with Gasteiger partial charge in [0, 0.05) is 44.7 Å². The number of ether oxygens (including phenoxy) is 2. The van der Waals surface area contributed by atoms with Gasteiger partial charge >= 0.3 is 0 Å². The van der Waals surface area contributed by atoms with Crippen molar-refractivity contribution in [2.45, 2.75) is 37.4 Å². The predicted molar refractivity (Wildman–Crippen MR) is 87.6 cm³/mol. The van der Waals surface area contributed by atoms with Gasteiger partial charge in [-0.15, -0.1) is 0 Å². The Balaban J connectivity index is 1.47. The number of hydrogen-bond acceptors (Lipinski definition) is 5. The van der Waals surface area contributed by atoms with Crippen LogP contribution in [0.5, 0.6) is 0 Å². The van der Waals surface area contributed by atoms with Crippen LogP contribution >= 0.6 is 0 Å². The quantitative estimate of drug-likeness (QED) is 0.824. The number of amides is 2. The van der Waals surface area contributed by atoms with E-state index >= 15 is 0 Å². The van der Waals surface area contributed by atoms with Crippen LogP contribution in [0.2, 0.25) is 0 Å². The second-order valence-corrected chi connectivity index (χ2v) is 6.88. The Morgan fingerprint density at radius 1 is 1.08 bits per heavy atom. The summed E-state index contributed by atoms with van der Waals surface area (Å²) >= 11 is 0. The normalized spacial score (nSPS) is 24.0. The maximum Gasteiger partial charge on any atom is 0.227 e. The molecule has 0 aliphatic carbocycles. The summed E-state index contributed by atoms with van der Waals surface area (Å²) in [6.07, 6.45) is 1.86. The van der Waals surface area contributed by atoms with Crippen LogP contribution in [-0.2, 0) is 19.1 Å². The van der Waals surface area contributed by atoms with Gasteiger partial charge in [-0.2, -0.15) is 0 Å². The van der Waals surface area contributed by atoms with Crippen molar-refractivity contribution in [3.05, 3.63) is 29.6 Å². The number of nitrogens with one attached hydrogen (secondary N) is 1. The third kappa shape index (κ3) is 3.26. The molecule has 1 spiro atoms. The van der Waals surface area contributed by atoms with Gasteiger partial charge in [0.1, 0.15) is 5.82 Å². The van der Waals surface area contributed by atoms with Crippen molar-refractivity contribution < 1.29 is 23.5 Å². The van der Waals surface area contributed by atoms with Crippen LogP contribution in [0.15, 0.2) is 18.2 Å². The number of imide groups is 1. The Bertz CT molecular complexity index is 676. The molecule has 3 aliphatic heterocycles. The number of hydrogen-bond donors (Lipinski definition) is 1. The number of nitrogens with zero attached hydrogens (tertiary/aromatic N) is 1. The SMILES string of the molecule is O=C1CC(c2ccc(N3CCC4(CC3)OCCO4)c(F)c2)CC(=O)N1. The van der Waals surface area contributed by atoms with Crippen LogP contribution in [0.25, 0.3) is 0 Å². The fraction of sp³-hybridized carbons (Fsp3) is 0.556. The Morgan fingerprint density at radius 2 is 1.72 bits per heavy atom. The van der Waals surface area contributed by atoms with Gasteiger partial charge in [0.05, 0.1) is 18.9 Å². The highest BCUT2D eigenvalue weighted by Gasteiger charge is 2.40. The number of anilines is 1. The van der Waals surface area contributed by atoms with Crippen molar-refractivity contribution in [3.8, 4) is 0 Å². The fourth-order valence-corrected chi connectivity index (χ4v) is 3.92. The van der Waals surface area contributed by atoms with Crippen LogP contribution in [0.1, 0.15) is 37.2 Å². The lowest BCUT2D eigenvalue weighted by molar-refractivity contribution is -0.169. The van der Waals surface area contributed by atoms with E-state index < -0.39 is 5.79 Å². The minimum atomic E-state index is -0.483. The first-order valence-electron chi connectivity index (χ1n) is 8.70. The van der Waals surface area contributed by atoms with Gasteiger partial charge in [0.15, 0.2) is 5.79 Å². The summed E-state index contributed by atoms with van der Waals surface area (Å²) in [6.45, 7) is 2.58. The summed E-state index contributed by atoms with van der Waals surface area (Å²) in [4.78, 5) is 25.0. The first kappa shape index (κ1) is 16.5. The first-order valence-corrected chi connectivity index (χ1v) is 8.70. The average Bonchev–Trinajstić information content (AvgIpc) is 3.03. The number of halogens is 1. The Labute approximate surface area is 145 Å². The zero-order valence-corrected chi connectivity index (χ0v) is 13.9. The van der Waals surface area contributed by atoms with Gasteiger partial charge in [-0.3, -0.25) is 14.9 Å². The third-order valence-corrected chi connectivity index (χ3v) is 5.27. The highest BCUT2D eigenvalue weighted by molar-refractivity contribution is 5.98. The molecule has 0 radical (unpaired) electrons. The first-order chi connectivity index (χ1) is 12.0. The van der Waals surface area contributed by atoms with Crippen LogP contribution in [-0.4, -0.2) is 43.9 Å². The number of carbonyl (C=O) groups excluding carboxylic acids is 2. The largest absolute Gasteiger partial charge is 0.369 e. The summed E-state index contributed by atoms with van der Waals surface area (Å²) in [5.41, 5.74) is 1.24. The van der Waals surface area contributed by atoms with Crippen molar-refractivity contribution in [2.75, 3.05) is 31.2 Å². The lowest BCUT2D eigenvalue weighted by atomic mass is 9.89. The highest BCUT2D eigenvalue weighted by Crippen LogP contribution is 2.35. The molecule has 0 aromatic heterocycles. The van der Waals surface area contributed by atoms with E-state index in [0.29, 0.717) is 50.4 Å². The van der Waals surface area contributed by atoms with Crippen molar-refractivity contribution in [1.29, 1.82) is 0 Å². The zero-order chi connectivity index (χ0) is 17.4. The molecule has 2 amide bonds. The molecule has 134 valence electrons. The summed E-state index contributed by atoms with van der Waals surface area (Å²) in [5, 5.41) is 2.28. The van der Waals surface area contributed by atoms with Crippen molar-refractivity contribution in [1.82, 2.24) is 5.32 Å². The molecule has 0 bridgehead atoms. The third-order valence-electron chi connectivity index (χ3n) is 5.27. The van der Waals surface area contributed by atoms with E-state index in [1.54, 1.807) is 6.07 Å². The molecule has 3 saturated heterocycles. The molecular formula is C18H21FN2O4. The summed E-state index contributed by atoms with van der Waals surface area (Å²) in [7, 11) is 0.